The van der Waals surface area contributed by atoms with Gasteiger partial charge in [0, 0.05) is 25.7 Å². The fraction of sp³-hybridized carbons (Fsp3) is 1.00. The number of rotatable bonds is 5. The van der Waals surface area contributed by atoms with Gasteiger partial charge < -0.3 is 19.9 Å². The summed E-state index contributed by atoms with van der Waals surface area (Å²) >= 11 is 0. The lowest BCUT2D eigenvalue weighted by Crippen LogP contribution is -2.45. The van der Waals surface area contributed by atoms with Crippen LogP contribution in [0.5, 0.6) is 0 Å². The summed E-state index contributed by atoms with van der Waals surface area (Å²) in [7, 11) is 4.50. The summed E-state index contributed by atoms with van der Waals surface area (Å²) in [6.07, 6.45) is 5.85. The van der Waals surface area contributed by atoms with Crippen LogP contribution in [0.15, 0.2) is 0 Å². The Hall–Kier alpha value is -0.160. The molecule has 1 N–H and O–H groups in total. The molecule has 0 bridgehead atoms. The van der Waals surface area contributed by atoms with Crippen molar-refractivity contribution in [1.82, 2.24) is 15.1 Å². The molecule has 2 fully saturated rings. The summed E-state index contributed by atoms with van der Waals surface area (Å²) in [6.45, 7) is 6.41. The van der Waals surface area contributed by atoms with Crippen LogP contribution in [0.3, 0.4) is 0 Å². The van der Waals surface area contributed by atoms with E-state index in [9.17, 15) is 0 Å². The first kappa shape index (κ1) is 14.3. The van der Waals surface area contributed by atoms with Crippen LogP contribution in [0.4, 0.5) is 0 Å². The molecule has 0 spiro atoms. The van der Waals surface area contributed by atoms with E-state index < -0.39 is 0 Å². The van der Waals surface area contributed by atoms with Gasteiger partial charge in [0.15, 0.2) is 0 Å². The third-order valence-electron chi connectivity index (χ3n) is 4.29. The summed E-state index contributed by atoms with van der Waals surface area (Å²) in [6, 6.07) is 0.798. The Morgan fingerprint density at radius 2 is 2.28 bits per heavy atom. The predicted octanol–water partition coefficient (Wildman–Crippen LogP) is 0.781. The van der Waals surface area contributed by atoms with Crippen molar-refractivity contribution in [3.63, 3.8) is 0 Å². The smallest absolute Gasteiger partial charge is 0.0826 e. The highest BCUT2D eigenvalue weighted by molar-refractivity contribution is 4.76. The average molecular weight is 255 g/mol. The van der Waals surface area contributed by atoms with Gasteiger partial charge in [-0.1, -0.05) is 6.42 Å². The number of nitrogens with one attached hydrogen (secondary N) is 1. The molecule has 0 amide bonds. The van der Waals surface area contributed by atoms with Gasteiger partial charge in [-0.15, -0.1) is 0 Å². The maximum absolute atomic E-state index is 5.75. The molecule has 106 valence electrons. The number of hydrogen-bond acceptors (Lipinski definition) is 4. The maximum atomic E-state index is 5.75. The molecule has 2 rings (SSSR count). The van der Waals surface area contributed by atoms with Gasteiger partial charge in [-0.2, -0.15) is 0 Å². The largest absolute Gasteiger partial charge is 0.374 e. The quantitative estimate of drug-likeness (QED) is 0.786. The minimum atomic E-state index is 0.382. The second kappa shape index (κ2) is 7.43. The Bertz CT molecular complexity index is 231. The summed E-state index contributed by atoms with van der Waals surface area (Å²) in [5.41, 5.74) is 0. The van der Waals surface area contributed by atoms with Crippen molar-refractivity contribution >= 4 is 0 Å². The van der Waals surface area contributed by atoms with Crippen LogP contribution >= 0.6 is 0 Å². The van der Waals surface area contributed by atoms with E-state index in [0.29, 0.717) is 6.10 Å². The van der Waals surface area contributed by atoms with E-state index in [2.05, 4.69) is 29.2 Å². The summed E-state index contributed by atoms with van der Waals surface area (Å²) in [5.74, 6) is 0. The topological polar surface area (TPSA) is 27.7 Å². The van der Waals surface area contributed by atoms with Crippen molar-refractivity contribution in [2.45, 2.75) is 37.8 Å². The number of likely N-dealkylation sites (tertiary alicyclic amines) is 1. The van der Waals surface area contributed by atoms with Gasteiger partial charge >= 0.3 is 0 Å². The van der Waals surface area contributed by atoms with Gasteiger partial charge in [0.1, 0.15) is 0 Å². The molecule has 0 aromatic carbocycles. The first-order chi connectivity index (χ1) is 8.75. The molecule has 2 unspecified atom stereocenters. The van der Waals surface area contributed by atoms with Crippen LogP contribution in [-0.2, 0) is 4.74 Å². The second-order valence-electron chi connectivity index (χ2n) is 5.88. The minimum Gasteiger partial charge on any atom is -0.374 e. The highest BCUT2D eigenvalue weighted by atomic mass is 16.5. The van der Waals surface area contributed by atoms with Crippen molar-refractivity contribution in [2.75, 3.05) is 53.4 Å². The Morgan fingerprint density at radius 3 is 3.00 bits per heavy atom. The van der Waals surface area contributed by atoms with E-state index in [0.717, 1.165) is 32.3 Å². The van der Waals surface area contributed by atoms with E-state index >= 15 is 0 Å². The standard InChI is InChI=1S/C14H29N3O/c1-16(12-14-11-15-7-10-18-14)9-6-13-5-3-4-8-17(13)2/h13-15H,3-12H2,1-2H3. The first-order valence-electron chi connectivity index (χ1n) is 7.47. The Kier molecular flexibility index (Phi) is 5.89. The van der Waals surface area contributed by atoms with Crippen LogP contribution < -0.4 is 5.32 Å². The molecule has 0 aliphatic carbocycles. The molecule has 0 saturated carbocycles. The zero-order chi connectivity index (χ0) is 12.8. The van der Waals surface area contributed by atoms with Crippen molar-refractivity contribution in [3.8, 4) is 0 Å². The molecule has 0 aromatic heterocycles. The van der Waals surface area contributed by atoms with Crippen LogP contribution in [0.1, 0.15) is 25.7 Å². The van der Waals surface area contributed by atoms with Crippen molar-refractivity contribution in [1.29, 1.82) is 0 Å². The minimum absolute atomic E-state index is 0.382. The molecule has 4 heteroatoms. The lowest BCUT2D eigenvalue weighted by molar-refractivity contribution is 0.00857. The molecular formula is C14H29N3O. The van der Waals surface area contributed by atoms with Crippen LogP contribution in [0.2, 0.25) is 0 Å². The fourth-order valence-corrected chi connectivity index (χ4v) is 3.05. The summed E-state index contributed by atoms with van der Waals surface area (Å²) in [4.78, 5) is 4.97. The Morgan fingerprint density at radius 1 is 1.39 bits per heavy atom. The number of morpholine rings is 1. The molecule has 0 radical (unpaired) electrons. The molecular weight excluding hydrogens is 226 g/mol. The first-order valence-corrected chi connectivity index (χ1v) is 7.47. The highest BCUT2D eigenvalue weighted by Gasteiger charge is 2.20. The van der Waals surface area contributed by atoms with Gasteiger partial charge in [0.25, 0.3) is 0 Å². The molecule has 2 saturated heterocycles. The van der Waals surface area contributed by atoms with E-state index in [4.69, 9.17) is 4.74 Å². The average Bonchev–Trinajstić information content (AvgIpc) is 2.39. The Balaban J connectivity index is 1.62. The van der Waals surface area contributed by atoms with Gasteiger partial charge in [0.2, 0.25) is 0 Å². The second-order valence-corrected chi connectivity index (χ2v) is 5.88. The number of ether oxygens (including phenoxy) is 1. The molecule has 0 aromatic rings. The molecule has 4 nitrogen and oxygen atoms in total. The summed E-state index contributed by atoms with van der Waals surface area (Å²) in [5, 5.41) is 3.39. The highest BCUT2D eigenvalue weighted by Crippen LogP contribution is 2.17. The maximum Gasteiger partial charge on any atom is 0.0826 e. The number of hydrogen-bond donors (Lipinski definition) is 1. The molecule has 2 aliphatic rings. The van der Waals surface area contributed by atoms with Gasteiger partial charge in [-0.25, -0.2) is 0 Å². The molecule has 2 atom stereocenters. The van der Waals surface area contributed by atoms with Crippen molar-refractivity contribution < 1.29 is 4.74 Å². The van der Waals surface area contributed by atoms with E-state index in [1.165, 1.54) is 38.8 Å². The molecule has 18 heavy (non-hydrogen) atoms. The molecule has 2 aliphatic heterocycles. The van der Waals surface area contributed by atoms with Crippen LogP contribution in [0, 0.1) is 0 Å². The van der Waals surface area contributed by atoms with E-state index in [-0.39, 0.29) is 0 Å². The Labute approximate surface area is 112 Å². The number of piperidine rings is 1. The van der Waals surface area contributed by atoms with Crippen molar-refractivity contribution in [2.24, 2.45) is 0 Å². The number of likely N-dealkylation sites (N-methyl/N-ethyl adjacent to an activating group) is 1. The third kappa shape index (κ3) is 4.50. The summed E-state index contributed by atoms with van der Waals surface area (Å²) < 4.78 is 5.75. The van der Waals surface area contributed by atoms with Crippen molar-refractivity contribution in [3.05, 3.63) is 0 Å². The SMILES string of the molecule is CN(CCC1CCCCN1C)CC1CNCCO1. The number of nitrogens with zero attached hydrogens (tertiary/aromatic N) is 2. The molecule has 2 heterocycles. The van der Waals surface area contributed by atoms with Crippen LogP contribution in [0.25, 0.3) is 0 Å². The zero-order valence-corrected chi connectivity index (χ0v) is 12.0. The van der Waals surface area contributed by atoms with Crippen LogP contribution in [-0.4, -0.2) is 75.4 Å². The zero-order valence-electron chi connectivity index (χ0n) is 12.0. The fourth-order valence-electron chi connectivity index (χ4n) is 3.05. The van der Waals surface area contributed by atoms with Gasteiger partial charge in [-0.3, -0.25) is 0 Å². The lowest BCUT2D eigenvalue weighted by atomic mass is 10.00. The van der Waals surface area contributed by atoms with Gasteiger partial charge in [0.05, 0.1) is 12.7 Å². The third-order valence-corrected chi connectivity index (χ3v) is 4.29. The van der Waals surface area contributed by atoms with Gasteiger partial charge in [-0.05, 0) is 46.4 Å². The van der Waals surface area contributed by atoms with E-state index in [1.807, 2.05) is 0 Å². The van der Waals surface area contributed by atoms with E-state index in [1.54, 1.807) is 0 Å². The lowest BCUT2D eigenvalue weighted by Gasteiger charge is -2.34. The normalized spacial score (nSPS) is 30.8. The monoisotopic (exact) mass is 255 g/mol. The predicted molar refractivity (Wildman–Crippen MR) is 75.0 cm³/mol.